The van der Waals surface area contributed by atoms with E-state index in [4.69, 9.17) is 0 Å². The lowest BCUT2D eigenvalue weighted by Crippen LogP contribution is -2.52. The quantitative estimate of drug-likeness (QED) is 0.891. The van der Waals surface area contributed by atoms with Gasteiger partial charge in [-0.15, -0.1) is 0 Å². The highest BCUT2D eigenvalue weighted by Crippen LogP contribution is 2.49. The van der Waals surface area contributed by atoms with Gasteiger partial charge in [-0.25, -0.2) is 0 Å². The maximum Gasteiger partial charge on any atom is 0.0476 e. The Kier molecular flexibility index (Phi) is 3.08. The lowest BCUT2D eigenvalue weighted by atomic mass is 9.97. The van der Waals surface area contributed by atoms with Crippen LogP contribution in [0.2, 0.25) is 0 Å². The van der Waals surface area contributed by atoms with Crippen molar-refractivity contribution in [1.29, 1.82) is 0 Å². The van der Waals surface area contributed by atoms with Crippen LogP contribution in [0.15, 0.2) is 30.3 Å². The number of nitrogens with zero attached hydrogens (tertiary/aromatic N) is 1. The molecule has 102 valence electrons. The summed E-state index contributed by atoms with van der Waals surface area (Å²) in [5.74, 6) is 2.02. The van der Waals surface area contributed by atoms with Crippen LogP contribution in [0.25, 0.3) is 0 Å². The lowest BCUT2D eigenvalue weighted by Gasteiger charge is -2.42. The molecule has 1 aromatic rings. The molecule has 0 spiro atoms. The molecule has 0 aromatic heterocycles. The van der Waals surface area contributed by atoms with Gasteiger partial charge in [-0.3, -0.25) is 4.90 Å². The molecule has 1 unspecified atom stereocenters. The molecule has 1 aromatic carbocycles. The molecule has 4 rings (SSSR count). The van der Waals surface area contributed by atoms with Gasteiger partial charge in [0.1, 0.15) is 0 Å². The number of benzene rings is 1. The highest BCUT2D eigenvalue weighted by atomic mass is 15.3. The summed E-state index contributed by atoms with van der Waals surface area (Å²) in [5.41, 5.74) is 1.50. The van der Waals surface area contributed by atoms with E-state index in [0.29, 0.717) is 6.04 Å². The van der Waals surface area contributed by atoms with Crippen LogP contribution in [-0.2, 0) is 0 Å². The zero-order valence-corrected chi connectivity index (χ0v) is 11.6. The molecule has 1 heterocycles. The summed E-state index contributed by atoms with van der Waals surface area (Å²) in [4.78, 5) is 2.85. The first-order valence-corrected chi connectivity index (χ1v) is 7.95. The Bertz CT molecular complexity index is 410. The average Bonchev–Trinajstić information content (AvgIpc) is 3.35. The number of hydrogen-bond donors (Lipinski definition) is 1. The zero-order chi connectivity index (χ0) is 12.7. The molecule has 1 aliphatic heterocycles. The van der Waals surface area contributed by atoms with Crippen LogP contribution in [0.4, 0.5) is 0 Å². The maximum atomic E-state index is 3.60. The molecule has 0 bridgehead atoms. The molecule has 1 atom stereocenters. The van der Waals surface area contributed by atoms with Crippen molar-refractivity contribution in [2.75, 3.05) is 19.6 Å². The van der Waals surface area contributed by atoms with Crippen molar-refractivity contribution in [2.24, 2.45) is 11.8 Å². The van der Waals surface area contributed by atoms with E-state index in [2.05, 4.69) is 40.5 Å². The summed E-state index contributed by atoms with van der Waals surface area (Å²) in [7, 11) is 0. The first kappa shape index (κ1) is 11.9. The van der Waals surface area contributed by atoms with Crippen LogP contribution in [-0.4, -0.2) is 30.6 Å². The molecule has 1 N–H and O–H groups in total. The van der Waals surface area contributed by atoms with Gasteiger partial charge in [0.05, 0.1) is 0 Å². The second-order valence-electron chi connectivity index (χ2n) is 6.53. The molecule has 2 heteroatoms. The third-order valence-electron chi connectivity index (χ3n) is 5.06. The van der Waals surface area contributed by atoms with Crippen molar-refractivity contribution in [3.8, 4) is 0 Å². The molecule has 2 aliphatic carbocycles. The van der Waals surface area contributed by atoms with E-state index >= 15 is 0 Å². The molecule has 0 amide bonds. The van der Waals surface area contributed by atoms with E-state index in [1.165, 1.54) is 44.3 Å². The molecule has 0 radical (unpaired) electrons. The largest absolute Gasteiger partial charge is 0.314 e. The standard InChI is InChI=1S/C17H24N2/c1-2-4-13(5-3-1)16-12-18-10-11-19(16)17(14-6-7-14)15-8-9-15/h1-5,14-18H,6-12H2. The summed E-state index contributed by atoms with van der Waals surface area (Å²) in [6.45, 7) is 3.52. The minimum Gasteiger partial charge on any atom is -0.314 e. The topological polar surface area (TPSA) is 15.3 Å². The second kappa shape index (κ2) is 4.92. The van der Waals surface area contributed by atoms with Crippen molar-refractivity contribution in [1.82, 2.24) is 10.2 Å². The zero-order valence-electron chi connectivity index (χ0n) is 11.6. The summed E-state index contributed by atoms with van der Waals surface area (Å²) in [6, 6.07) is 12.6. The normalized spacial score (nSPS) is 28.8. The Labute approximate surface area is 116 Å². The van der Waals surface area contributed by atoms with Crippen LogP contribution in [0.1, 0.15) is 37.3 Å². The van der Waals surface area contributed by atoms with Gasteiger partial charge in [-0.2, -0.15) is 0 Å². The molecular weight excluding hydrogens is 232 g/mol. The van der Waals surface area contributed by atoms with Crippen molar-refractivity contribution in [3.05, 3.63) is 35.9 Å². The predicted octanol–water partition coefficient (Wildman–Crippen LogP) is 2.82. The van der Waals surface area contributed by atoms with Gasteiger partial charge >= 0.3 is 0 Å². The van der Waals surface area contributed by atoms with Crippen LogP contribution < -0.4 is 5.32 Å². The lowest BCUT2D eigenvalue weighted by molar-refractivity contribution is 0.0792. The fourth-order valence-corrected chi connectivity index (χ4v) is 3.86. The van der Waals surface area contributed by atoms with Gasteiger partial charge < -0.3 is 5.32 Å². The van der Waals surface area contributed by atoms with E-state index < -0.39 is 0 Å². The molecule has 2 saturated carbocycles. The maximum absolute atomic E-state index is 3.60. The fourth-order valence-electron chi connectivity index (χ4n) is 3.86. The third kappa shape index (κ3) is 2.44. The minimum absolute atomic E-state index is 0.598. The summed E-state index contributed by atoms with van der Waals surface area (Å²) >= 11 is 0. The Morgan fingerprint density at radius 3 is 2.32 bits per heavy atom. The highest BCUT2D eigenvalue weighted by molar-refractivity contribution is 5.21. The van der Waals surface area contributed by atoms with E-state index in [1.54, 1.807) is 0 Å². The first-order chi connectivity index (χ1) is 9.43. The number of rotatable bonds is 4. The third-order valence-corrected chi connectivity index (χ3v) is 5.06. The molecular formula is C17H24N2. The summed E-state index contributed by atoms with van der Waals surface area (Å²) < 4.78 is 0. The molecule has 3 fully saturated rings. The van der Waals surface area contributed by atoms with Crippen LogP contribution in [0.5, 0.6) is 0 Å². The Hall–Kier alpha value is -0.860. The Morgan fingerprint density at radius 2 is 1.68 bits per heavy atom. The number of hydrogen-bond acceptors (Lipinski definition) is 2. The molecule has 2 nitrogen and oxygen atoms in total. The van der Waals surface area contributed by atoms with Gasteiger partial charge in [-0.1, -0.05) is 30.3 Å². The van der Waals surface area contributed by atoms with Crippen molar-refractivity contribution in [3.63, 3.8) is 0 Å². The van der Waals surface area contributed by atoms with Crippen LogP contribution in [0.3, 0.4) is 0 Å². The van der Waals surface area contributed by atoms with Gasteiger partial charge in [-0.05, 0) is 43.1 Å². The van der Waals surface area contributed by atoms with Gasteiger partial charge in [0.15, 0.2) is 0 Å². The fraction of sp³-hybridized carbons (Fsp3) is 0.647. The highest BCUT2D eigenvalue weighted by Gasteiger charge is 2.46. The van der Waals surface area contributed by atoms with Gasteiger partial charge in [0.2, 0.25) is 0 Å². The van der Waals surface area contributed by atoms with E-state index in [0.717, 1.165) is 24.4 Å². The summed E-state index contributed by atoms with van der Waals surface area (Å²) in [5, 5.41) is 3.60. The van der Waals surface area contributed by atoms with Crippen LogP contribution in [0, 0.1) is 11.8 Å². The average molecular weight is 256 g/mol. The van der Waals surface area contributed by atoms with E-state index in [-0.39, 0.29) is 0 Å². The van der Waals surface area contributed by atoms with Crippen molar-refractivity contribution in [2.45, 2.75) is 37.8 Å². The smallest absolute Gasteiger partial charge is 0.0476 e. The SMILES string of the molecule is c1ccc(C2CNCCN2C(C2CC2)C2CC2)cc1. The van der Waals surface area contributed by atoms with E-state index in [1.807, 2.05) is 0 Å². The predicted molar refractivity (Wildman–Crippen MR) is 78.0 cm³/mol. The molecule has 3 aliphatic rings. The molecule has 1 saturated heterocycles. The number of piperazine rings is 1. The van der Waals surface area contributed by atoms with Gasteiger partial charge in [0.25, 0.3) is 0 Å². The molecule has 19 heavy (non-hydrogen) atoms. The number of nitrogens with one attached hydrogen (secondary N) is 1. The minimum atomic E-state index is 0.598. The van der Waals surface area contributed by atoms with Crippen LogP contribution >= 0.6 is 0 Å². The first-order valence-electron chi connectivity index (χ1n) is 7.95. The van der Waals surface area contributed by atoms with Gasteiger partial charge in [0, 0.05) is 31.7 Å². The summed E-state index contributed by atoms with van der Waals surface area (Å²) in [6.07, 6.45) is 5.92. The van der Waals surface area contributed by atoms with Crippen molar-refractivity contribution >= 4 is 0 Å². The monoisotopic (exact) mass is 256 g/mol. The van der Waals surface area contributed by atoms with E-state index in [9.17, 15) is 0 Å². The second-order valence-corrected chi connectivity index (χ2v) is 6.53. The Balaban J connectivity index is 1.60. The Morgan fingerprint density at radius 1 is 1.00 bits per heavy atom. The van der Waals surface area contributed by atoms with Crippen molar-refractivity contribution < 1.29 is 0 Å².